The predicted molar refractivity (Wildman–Crippen MR) is 68.0 cm³/mol. The smallest absolute Gasteiger partial charge is 0.0917 e. The molecule has 0 aliphatic carbocycles. The Balaban J connectivity index is 2.06. The fourth-order valence-electron chi connectivity index (χ4n) is 1.98. The second-order valence-corrected chi connectivity index (χ2v) is 4.84. The summed E-state index contributed by atoms with van der Waals surface area (Å²) in [7, 11) is 0. The van der Waals surface area contributed by atoms with Gasteiger partial charge >= 0.3 is 0 Å². The van der Waals surface area contributed by atoms with Gasteiger partial charge in [-0.15, -0.1) is 0 Å². The fraction of sp³-hybridized carbons (Fsp3) is 0.429. The molecule has 16 heavy (non-hydrogen) atoms. The molecule has 2 rings (SSSR count). The molecule has 1 aromatic rings. The number of anilines is 1. The van der Waals surface area contributed by atoms with Crippen LogP contribution in [0.1, 0.15) is 25.3 Å². The summed E-state index contributed by atoms with van der Waals surface area (Å²) in [6, 6.07) is 8.63. The Morgan fingerprint density at radius 3 is 2.69 bits per heavy atom. The molecule has 2 nitrogen and oxygen atoms in total. The Labute approximate surface area is 97.2 Å². The Morgan fingerprint density at radius 1 is 1.44 bits per heavy atom. The molecule has 0 bridgehead atoms. The molecular formula is C14H19NO. The third-order valence-corrected chi connectivity index (χ3v) is 3.25. The third kappa shape index (κ3) is 2.06. The first-order chi connectivity index (χ1) is 7.58. The highest BCUT2D eigenvalue weighted by atomic mass is 16.3. The molecule has 0 spiro atoms. The Morgan fingerprint density at radius 2 is 2.12 bits per heavy atom. The molecule has 1 heterocycles. The number of rotatable bonds is 3. The van der Waals surface area contributed by atoms with Gasteiger partial charge in [-0.05, 0) is 23.6 Å². The molecule has 1 aliphatic heterocycles. The molecular weight excluding hydrogens is 198 g/mol. The van der Waals surface area contributed by atoms with E-state index in [2.05, 4.69) is 49.6 Å². The average Bonchev–Trinajstić information content (AvgIpc) is 2.15. The summed E-state index contributed by atoms with van der Waals surface area (Å²) in [5.74, 6) is 1.13. The lowest BCUT2D eigenvalue weighted by molar-refractivity contribution is 0.296. The zero-order valence-corrected chi connectivity index (χ0v) is 9.98. The summed E-state index contributed by atoms with van der Waals surface area (Å²) < 4.78 is 0. The lowest BCUT2D eigenvalue weighted by Gasteiger charge is -2.40. The molecule has 0 radical (unpaired) electrons. The fourth-order valence-corrected chi connectivity index (χ4v) is 1.98. The third-order valence-electron chi connectivity index (χ3n) is 3.25. The van der Waals surface area contributed by atoms with Crippen molar-refractivity contribution < 1.29 is 5.11 Å². The van der Waals surface area contributed by atoms with Crippen LogP contribution >= 0.6 is 0 Å². The minimum absolute atomic E-state index is 0.253. The van der Waals surface area contributed by atoms with Gasteiger partial charge in [0, 0.05) is 18.8 Å². The summed E-state index contributed by atoms with van der Waals surface area (Å²) in [4.78, 5) is 2.28. The molecule has 0 unspecified atom stereocenters. The van der Waals surface area contributed by atoms with Gasteiger partial charge in [0.2, 0.25) is 0 Å². The maximum Gasteiger partial charge on any atom is 0.0917 e. The summed E-state index contributed by atoms with van der Waals surface area (Å²) in [6.45, 7) is 9.76. The van der Waals surface area contributed by atoms with Crippen LogP contribution in [0.5, 0.6) is 0 Å². The largest absolute Gasteiger partial charge is 0.513 e. The van der Waals surface area contributed by atoms with E-state index >= 15 is 0 Å². The van der Waals surface area contributed by atoms with Crippen LogP contribution in [0, 0.1) is 5.92 Å². The number of aliphatic hydroxyl groups excluding tert-OH is 1. The highest BCUT2D eigenvalue weighted by Crippen LogP contribution is 2.29. The quantitative estimate of drug-likeness (QED) is 0.785. The normalized spacial score (nSPS) is 16.3. The van der Waals surface area contributed by atoms with E-state index in [1.54, 1.807) is 0 Å². The van der Waals surface area contributed by atoms with Crippen molar-refractivity contribution in [3.05, 3.63) is 42.2 Å². The number of hydrogen-bond acceptors (Lipinski definition) is 2. The van der Waals surface area contributed by atoms with E-state index in [0.717, 1.165) is 13.1 Å². The van der Waals surface area contributed by atoms with Gasteiger partial charge in [0.25, 0.3) is 0 Å². The van der Waals surface area contributed by atoms with Crippen LogP contribution in [0.2, 0.25) is 0 Å². The van der Waals surface area contributed by atoms with Gasteiger partial charge in [-0.25, -0.2) is 0 Å². The van der Waals surface area contributed by atoms with Crippen molar-refractivity contribution in [3.63, 3.8) is 0 Å². The monoisotopic (exact) mass is 217 g/mol. The van der Waals surface area contributed by atoms with Gasteiger partial charge in [-0.2, -0.15) is 0 Å². The van der Waals surface area contributed by atoms with E-state index in [-0.39, 0.29) is 5.92 Å². The Hall–Kier alpha value is -1.44. The van der Waals surface area contributed by atoms with Crippen LogP contribution < -0.4 is 4.90 Å². The van der Waals surface area contributed by atoms with Crippen LogP contribution in [0.3, 0.4) is 0 Å². The first-order valence-corrected chi connectivity index (χ1v) is 5.80. The van der Waals surface area contributed by atoms with Crippen molar-refractivity contribution in [2.45, 2.75) is 19.8 Å². The molecule has 1 fully saturated rings. The van der Waals surface area contributed by atoms with Crippen LogP contribution in [-0.2, 0) is 0 Å². The van der Waals surface area contributed by atoms with E-state index in [1.807, 2.05) is 0 Å². The molecule has 1 saturated heterocycles. The second kappa shape index (κ2) is 4.20. The molecule has 1 N–H and O–H groups in total. The minimum atomic E-state index is 0.253. The highest BCUT2D eigenvalue weighted by molar-refractivity contribution is 5.52. The molecule has 2 heteroatoms. The zero-order chi connectivity index (χ0) is 11.7. The van der Waals surface area contributed by atoms with E-state index in [1.165, 1.54) is 11.3 Å². The number of nitrogens with zero attached hydrogens (tertiary/aromatic N) is 1. The van der Waals surface area contributed by atoms with Gasteiger partial charge in [0.05, 0.1) is 11.7 Å². The standard InChI is InChI=1S/C14H19NO/c1-10(2)12-5-4-6-14(7-12)15-8-13(9-15)11(3)16/h4-7,10,13,16H,3,8-9H2,1-2H3. The van der Waals surface area contributed by atoms with E-state index in [4.69, 9.17) is 0 Å². The highest BCUT2D eigenvalue weighted by Gasteiger charge is 2.29. The molecule has 1 aromatic carbocycles. The van der Waals surface area contributed by atoms with Gasteiger partial charge in [0.15, 0.2) is 0 Å². The lowest BCUT2D eigenvalue weighted by Crippen LogP contribution is -2.47. The van der Waals surface area contributed by atoms with E-state index < -0.39 is 0 Å². The average molecular weight is 217 g/mol. The van der Waals surface area contributed by atoms with Crippen molar-refractivity contribution in [2.75, 3.05) is 18.0 Å². The van der Waals surface area contributed by atoms with Gasteiger partial charge in [-0.3, -0.25) is 0 Å². The summed E-state index contributed by atoms with van der Waals surface area (Å²) in [5, 5.41) is 9.26. The molecule has 0 atom stereocenters. The summed E-state index contributed by atoms with van der Waals surface area (Å²) in [6.07, 6.45) is 0. The zero-order valence-electron chi connectivity index (χ0n) is 9.98. The number of hydrogen-bond donors (Lipinski definition) is 1. The number of aliphatic hydroxyl groups is 1. The van der Waals surface area contributed by atoms with Crippen molar-refractivity contribution in [1.29, 1.82) is 0 Å². The topological polar surface area (TPSA) is 23.5 Å². The molecule has 86 valence electrons. The van der Waals surface area contributed by atoms with Crippen LogP contribution in [0.25, 0.3) is 0 Å². The van der Waals surface area contributed by atoms with Crippen LogP contribution in [0.15, 0.2) is 36.6 Å². The van der Waals surface area contributed by atoms with Crippen LogP contribution in [-0.4, -0.2) is 18.2 Å². The first-order valence-electron chi connectivity index (χ1n) is 5.80. The molecule has 1 aliphatic rings. The van der Waals surface area contributed by atoms with Gasteiger partial charge in [-0.1, -0.05) is 32.6 Å². The Bertz CT molecular complexity index is 391. The maximum absolute atomic E-state index is 9.26. The first kappa shape index (κ1) is 11.1. The van der Waals surface area contributed by atoms with Crippen molar-refractivity contribution in [1.82, 2.24) is 0 Å². The maximum atomic E-state index is 9.26. The second-order valence-electron chi connectivity index (χ2n) is 4.84. The molecule has 0 saturated carbocycles. The van der Waals surface area contributed by atoms with Gasteiger partial charge in [0.1, 0.15) is 0 Å². The van der Waals surface area contributed by atoms with E-state index in [0.29, 0.717) is 11.7 Å². The SMILES string of the molecule is C=C(O)C1CN(c2cccc(C(C)C)c2)C1. The van der Waals surface area contributed by atoms with Gasteiger partial charge < -0.3 is 10.0 Å². The number of benzene rings is 1. The van der Waals surface area contributed by atoms with Crippen LogP contribution in [0.4, 0.5) is 5.69 Å². The van der Waals surface area contributed by atoms with Crippen molar-refractivity contribution in [2.24, 2.45) is 5.92 Å². The van der Waals surface area contributed by atoms with Crippen molar-refractivity contribution >= 4 is 5.69 Å². The summed E-state index contributed by atoms with van der Waals surface area (Å²) in [5.41, 5.74) is 2.62. The molecule has 0 aromatic heterocycles. The Kier molecular flexibility index (Phi) is 2.90. The van der Waals surface area contributed by atoms with Crippen molar-refractivity contribution in [3.8, 4) is 0 Å². The summed E-state index contributed by atoms with van der Waals surface area (Å²) >= 11 is 0. The molecule has 0 amide bonds. The van der Waals surface area contributed by atoms with E-state index in [9.17, 15) is 5.11 Å². The lowest BCUT2D eigenvalue weighted by atomic mass is 9.96. The minimum Gasteiger partial charge on any atom is -0.513 e. The predicted octanol–water partition coefficient (Wildman–Crippen LogP) is 3.32.